The molecule has 0 heterocycles. The number of fused-ring (bicyclic) bond motifs is 1. The highest BCUT2D eigenvalue weighted by atomic mass is 16.3. The molecule has 1 atom stereocenters. The van der Waals surface area contributed by atoms with Crippen molar-refractivity contribution in [2.45, 2.75) is 45.2 Å². The van der Waals surface area contributed by atoms with Gasteiger partial charge in [-0.2, -0.15) is 5.26 Å². The van der Waals surface area contributed by atoms with Crippen LogP contribution in [-0.2, 0) is 24.2 Å². The minimum Gasteiger partial charge on any atom is -0.395 e. The van der Waals surface area contributed by atoms with E-state index in [4.69, 9.17) is 0 Å². The molecular formula is C25H29N3O2. The number of nitriles is 1. The van der Waals surface area contributed by atoms with Gasteiger partial charge in [-0.15, -0.1) is 0 Å². The molecule has 2 aromatic rings. The zero-order chi connectivity index (χ0) is 21.3. The van der Waals surface area contributed by atoms with Gasteiger partial charge in [0.15, 0.2) is 0 Å². The van der Waals surface area contributed by atoms with Crippen molar-refractivity contribution in [2.75, 3.05) is 13.2 Å². The van der Waals surface area contributed by atoms with E-state index in [0.717, 1.165) is 24.0 Å². The van der Waals surface area contributed by atoms with Crippen LogP contribution < -0.4 is 5.32 Å². The fraction of sp³-hybridized carbons (Fsp3) is 0.360. The van der Waals surface area contributed by atoms with Crippen molar-refractivity contribution >= 4 is 5.91 Å². The molecule has 5 heteroatoms. The summed E-state index contributed by atoms with van der Waals surface area (Å²) in [5, 5.41) is 21.9. The molecule has 156 valence electrons. The summed E-state index contributed by atoms with van der Waals surface area (Å²) in [5.74, 6) is -0.404. The lowest BCUT2D eigenvalue weighted by atomic mass is 9.89. The number of hydrogen-bond donors (Lipinski definition) is 2. The van der Waals surface area contributed by atoms with E-state index in [0.29, 0.717) is 13.1 Å². The Morgan fingerprint density at radius 1 is 1.20 bits per heavy atom. The largest absolute Gasteiger partial charge is 0.395 e. The maximum absolute atomic E-state index is 12.7. The molecule has 1 unspecified atom stereocenters. The first kappa shape index (κ1) is 21.6. The van der Waals surface area contributed by atoms with Crippen LogP contribution in [-0.4, -0.2) is 29.1 Å². The van der Waals surface area contributed by atoms with E-state index in [1.807, 2.05) is 43.3 Å². The normalized spacial score (nSPS) is 14.4. The van der Waals surface area contributed by atoms with Crippen LogP contribution in [0, 0.1) is 11.3 Å². The Balaban J connectivity index is 1.70. The Kier molecular flexibility index (Phi) is 7.64. The average Bonchev–Trinajstić information content (AvgIpc) is 2.77. The predicted octanol–water partition coefficient (Wildman–Crippen LogP) is 3.64. The van der Waals surface area contributed by atoms with Gasteiger partial charge >= 0.3 is 0 Å². The molecule has 0 aliphatic heterocycles. The summed E-state index contributed by atoms with van der Waals surface area (Å²) in [6.45, 7) is 2.73. The number of hydrogen-bond acceptors (Lipinski definition) is 4. The number of carbonyl (C=O) groups is 1. The first-order valence-electron chi connectivity index (χ1n) is 10.5. The lowest BCUT2D eigenvalue weighted by molar-refractivity contribution is -0.117. The number of amides is 1. The van der Waals surface area contributed by atoms with E-state index in [1.165, 1.54) is 30.2 Å². The number of carbonyl (C=O) groups excluding carboxylic acids is 1. The molecule has 0 saturated heterocycles. The molecule has 0 radical (unpaired) electrons. The molecular weight excluding hydrogens is 374 g/mol. The Bertz CT molecular complexity index is 931. The van der Waals surface area contributed by atoms with E-state index in [9.17, 15) is 15.2 Å². The van der Waals surface area contributed by atoms with E-state index >= 15 is 0 Å². The number of rotatable bonds is 8. The molecule has 2 aromatic carbocycles. The third-order valence-electron chi connectivity index (χ3n) is 5.51. The zero-order valence-electron chi connectivity index (χ0n) is 17.5. The summed E-state index contributed by atoms with van der Waals surface area (Å²) in [6, 6.07) is 18.0. The molecule has 1 amide bonds. The van der Waals surface area contributed by atoms with Gasteiger partial charge in [0.2, 0.25) is 0 Å². The minimum atomic E-state index is -0.404. The van der Waals surface area contributed by atoms with Gasteiger partial charge in [-0.25, -0.2) is 0 Å². The monoisotopic (exact) mass is 403 g/mol. The summed E-state index contributed by atoms with van der Waals surface area (Å²) in [7, 11) is 0. The molecule has 2 N–H and O–H groups in total. The quantitative estimate of drug-likeness (QED) is 0.521. The summed E-state index contributed by atoms with van der Waals surface area (Å²) in [5.41, 5.74) is 4.90. The van der Waals surface area contributed by atoms with E-state index in [-0.39, 0.29) is 18.2 Å². The van der Waals surface area contributed by atoms with E-state index in [2.05, 4.69) is 23.5 Å². The number of aryl methyl sites for hydroxylation is 2. The van der Waals surface area contributed by atoms with Crippen LogP contribution in [0.4, 0.5) is 0 Å². The van der Waals surface area contributed by atoms with Crippen LogP contribution in [0.15, 0.2) is 60.3 Å². The Morgan fingerprint density at radius 2 is 1.93 bits per heavy atom. The summed E-state index contributed by atoms with van der Waals surface area (Å²) >= 11 is 0. The molecule has 5 nitrogen and oxygen atoms in total. The van der Waals surface area contributed by atoms with Crippen molar-refractivity contribution in [3.8, 4) is 6.07 Å². The van der Waals surface area contributed by atoms with Crippen LogP contribution in [0.1, 0.15) is 48.1 Å². The fourth-order valence-electron chi connectivity index (χ4n) is 3.84. The third kappa shape index (κ3) is 5.71. The smallest absolute Gasteiger partial charge is 0.263 e. The molecule has 30 heavy (non-hydrogen) atoms. The van der Waals surface area contributed by atoms with Crippen molar-refractivity contribution < 1.29 is 9.90 Å². The second-order valence-corrected chi connectivity index (χ2v) is 7.76. The summed E-state index contributed by atoms with van der Waals surface area (Å²) in [4.78, 5) is 14.5. The van der Waals surface area contributed by atoms with Crippen LogP contribution >= 0.6 is 0 Å². The van der Waals surface area contributed by atoms with Crippen molar-refractivity contribution in [3.63, 3.8) is 0 Å². The molecule has 0 saturated carbocycles. The topological polar surface area (TPSA) is 76.4 Å². The van der Waals surface area contributed by atoms with E-state index in [1.54, 1.807) is 4.90 Å². The predicted molar refractivity (Wildman–Crippen MR) is 117 cm³/mol. The Hall–Kier alpha value is -3.10. The zero-order valence-corrected chi connectivity index (χ0v) is 17.5. The highest BCUT2D eigenvalue weighted by Crippen LogP contribution is 2.25. The van der Waals surface area contributed by atoms with Crippen molar-refractivity contribution in [2.24, 2.45) is 0 Å². The summed E-state index contributed by atoms with van der Waals surface area (Å²) in [6.07, 6.45) is 6.20. The van der Waals surface area contributed by atoms with Crippen LogP contribution in [0.3, 0.4) is 0 Å². The maximum atomic E-state index is 12.7. The lowest BCUT2D eigenvalue weighted by Crippen LogP contribution is -2.30. The number of aliphatic hydroxyl groups excluding tert-OH is 1. The van der Waals surface area contributed by atoms with Gasteiger partial charge in [-0.1, -0.05) is 48.5 Å². The van der Waals surface area contributed by atoms with Crippen LogP contribution in [0.2, 0.25) is 0 Å². The summed E-state index contributed by atoms with van der Waals surface area (Å²) < 4.78 is 0. The van der Waals surface area contributed by atoms with Gasteiger partial charge in [0.05, 0.1) is 12.6 Å². The molecule has 0 spiro atoms. The van der Waals surface area contributed by atoms with Gasteiger partial charge < -0.3 is 15.3 Å². The van der Waals surface area contributed by atoms with Gasteiger partial charge in [0.1, 0.15) is 11.6 Å². The van der Waals surface area contributed by atoms with E-state index < -0.39 is 5.91 Å². The second-order valence-electron chi connectivity index (χ2n) is 7.76. The highest BCUT2D eigenvalue weighted by molar-refractivity contribution is 5.97. The van der Waals surface area contributed by atoms with Gasteiger partial charge in [0, 0.05) is 19.3 Å². The van der Waals surface area contributed by atoms with Crippen LogP contribution in [0.5, 0.6) is 0 Å². The molecule has 1 aliphatic carbocycles. The standard InChI is InChI=1S/C25H29N3O2/c1-19(22-12-11-21-9-5-6-10-23(21)15-22)27-25(30)24(16-26)18-28(13-14-29)17-20-7-3-2-4-8-20/h2-4,7-8,11-12,15,18-19,29H,5-6,9-10,13-14,17H2,1H3,(H,27,30)/b24-18-. The molecule has 0 bridgehead atoms. The Labute approximate surface area is 178 Å². The SMILES string of the molecule is CC(NC(=O)/C(C#N)=C\N(CCO)Cc1ccccc1)c1ccc2c(c1)CCCC2. The molecule has 0 aromatic heterocycles. The average molecular weight is 404 g/mol. The van der Waals surface area contributed by atoms with Gasteiger partial charge in [-0.05, 0) is 54.9 Å². The van der Waals surface area contributed by atoms with Crippen molar-refractivity contribution in [3.05, 3.63) is 82.6 Å². The van der Waals surface area contributed by atoms with Crippen molar-refractivity contribution in [1.82, 2.24) is 10.2 Å². The molecule has 0 fully saturated rings. The highest BCUT2D eigenvalue weighted by Gasteiger charge is 2.17. The second kappa shape index (κ2) is 10.6. The van der Waals surface area contributed by atoms with Gasteiger partial charge in [-0.3, -0.25) is 4.79 Å². The first-order chi connectivity index (χ1) is 14.6. The number of nitrogens with one attached hydrogen (secondary N) is 1. The number of benzene rings is 2. The van der Waals surface area contributed by atoms with Crippen molar-refractivity contribution in [1.29, 1.82) is 5.26 Å². The number of aliphatic hydroxyl groups is 1. The maximum Gasteiger partial charge on any atom is 0.263 e. The molecule has 3 rings (SSSR count). The fourth-order valence-corrected chi connectivity index (χ4v) is 3.84. The Morgan fingerprint density at radius 3 is 2.63 bits per heavy atom. The third-order valence-corrected chi connectivity index (χ3v) is 5.51. The van der Waals surface area contributed by atoms with Gasteiger partial charge in [0.25, 0.3) is 5.91 Å². The lowest BCUT2D eigenvalue weighted by Gasteiger charge is -2.21. The molecule has 1 aliphatic rings. The minimum absolute atomic E-state index is 0.0317. The number of nitrogens with zero attached hydrogens (tertiary/aromatic N) is 2. The first-order valence-corrected chi connectivity index (χ1v) is 10.5. The van der Waals surface area contributed by atoms with Crippen LogP contribution in [0.25, 0.3) is 0 Å².